The van der Waals surface area contributed by atoms with E-state index in [0.29, 0.717) is 17.8 Å². The van der Waals surface area contributed by atoms with Crippen LogP contribution in [0.4, 0.5) is 5.69 Å². The Morgan fingerprint density at radius 3 is 3.04 bits per heavy atom. The molecule has 1 N–H and O–H groups in total. The maximum atomic E-state index is 12.3. The van der Waals surface area contributed by atoms with Gasteiger partial charge < -0.3 is 5.11 Å². The molecule has 5 nitrogen and oxygen atoms in total. The second-order valence-corrected chi connectivity index (χ2v) is 7.62. The first-order valence-electron chi connectivity index (χ1n) is 7.80. The van der Waals surface area contributed by atoms with Gasteiger partial charge in [-0.1, -0.05) is 23.5 Å². The van der Waals surface area contributed by atoms with Crippen LogP contribution < -0.4 is 15.3 Å². The predicted molar refractivity (Wildman–Crippen MR) is 103 cm³/mol. The SMILES string of the molecule is Cc1ncsc1CCn1c(O)c(C=c2cccc3c2=CC=N3)sc1=O. The molecule has 0 aliphatic carbocycles. The number of aromatic hydroxyl groups is 1. The first-order valence-corrected chi connectivity index (χ1v) is 9.50. The lowest BCUT2D eigenvalue weighted by Crippen LogP contribution is -2.22. The van der Waals surface area contributed by atoms with Crippen LogP contribution in [0.15, 0.2) is 33.5 Å². The van der Waals surface area contributed by atoms with Crippen LogP contribution in [0.5, 0.6) is 5.88 Å². The molecule has 0 amide bonds. The van der Waals surface area contributed by atoms with E-state index in [4.69, 9.17) is 0 Å². The van der Waals surface area contributed by atoms with Gasteiger partial charge in [0.05, 0.1) is 21.8 Å². The first-order chi connectivity index (χ1) is 12.1. The van der Waals surface area contributed by atoms with Gasteiger partial charge in [-0.25, -0.2) is 4.98 Å². The summed E-state index contributed by atoms with van der Waals surface area (Å²) >= 11 is 2.63. The topological polar surface area (TPSA) is 67.5 Å². The van der Waals surface area contributed by atoms with Crippen LogP contribution >= 0.6 is 22.7 Å². The summed E-state index contributed by atoms with van der Waals surface area (Å²) in [5.41, 5.74) is 3.69. The molecular formula is C18H15N3O2S2. The van der Waals surface area contributed by atoms with E-state index >= 15 is 0 Å². The van der Waals surface area contributed by atoms with Crippen LogP contribution in [-0.2, 0) is 13.0 Å². The van der Waals surface area contributed by atoms with Crippen molar-refractivity contribution in [2.24, 2.45) is 4.99 Å². The molecule has 4 rings (SSSR count). The van der Waals surface area contributed by atoms with Gasteiger partial charge in [0.2, 0.25) is 5.88 Å². The highest BCUT2D eigenvalue weighted by Gasteiger charge is 2.13. The third-order valence-electron chi connectivity index (χ3n) is 4.16. The number of aliphatic imine (C=N–C) groups is 1. The number of benzene rings is 1. The Balaban J connectivity index is 1.70. The van der Waals surface area contributed by atoms with E-state index in [0.717, 1.165) is 38.0 Å². The molecule has 0 saturated heterocycles. The molecule has 0 spiro atoms. The molecule has 25 heavy (non-hydrogen) atoms. The molecule has 1 aliphatic heterocycles. The molecule has 3 heterocycles. The van der Waals surface area contributed by atoms with E-state index < -0.39 is 0 Å². The van der Waals surface area contributed by atoms with Gasteiger partial charge in [0.1, 0.15) is 0 Å². The minimum atomic E-state index is -0.154. The highest BCUT2D eigenvalue weighted by Crippen LogP contribution is 2.22. The number of hydrogen-bond acceptors (Lipinski definition) is 6. The Kier molecular flexibility index (Phi) is 4.10. The van der Waals surface area contributed by atoms with Gasteiger partial charge in [0, 0.05) is 29.3 Å². The summed E-state index contributed by atoms with van der Waals surface area (Å²) in [6, 6.07) is 5.82. The molecule has 0 bridgehead atoms. The highest BCUT2D eigenvalue weighted by atomic mass is 32.1. The number of fused-ring (bicyclic) bond motifs is 1. The second-order valence-electron chi connectivity index (χ2n) is 5.69. The van der Waals surface area contributed by atoms with E-state index in [1.165, 1.54) is 4.57 Å². The normalized spacial score (nSPS) is 13.2. The fourth-order valence-corrected chi connectivity index (χ4v) is 4.44. The summed E-state index contributed by atoms with van der Waals surface area (Å²) in [7, 11) is 0. The molecule has 0 unspecified atom stereocenters. The lowest BCUT2D eigenvalue weighted by molar-refractivity contribution is 0.412. The quantitative estimate of drug-likeness (QED) is 0.764. The number of aromatic nitrogens is 2. The third-order valence-corrected chi connectivity index (χ3v) is 6.07. The largest absolute Gasteiger partial charge is 0.493 e. The smallest absolute Gasteiger partial charge is 0.310 e. The van der Waals surface area contributed by atoms with Gasteiger partial charge in [0.25, 0.3) is 0 Å². The summed E-state index contributed by atoms with van der Waals surface area (Å²) < 4.78 is 1.43. The van der Waals surface area contributed by atoms with Crippen molar-refractivity contribution < 1.29 is 5.11 Å². The molecule has 126 valence electrons. The lowest BCUT2D eigenvalue weighted by atomic mass is 10.2. The Morgan fingerprint density at radius 2 is 2.24 bits per heavy atom. The van der Waals surface area contributed by atoms with E-state index in [9.17, 15) is 9.90 Å². The Labute approximate surface area is 151 Å². The molecular weight excluding hydrogens is 354 g/mol. The molecule has 0 radical (unpaired) electrons. The van der Waals surface area contributed by atoms with Gasteiger partial charge >= 0.3 is 4.87 Å². The summed E-state index contributed by atoms with van der Waals surface area (Å²) in [4.78, 5) is 22.3. The number of nitrogens with zero attached hydrogens (tertiary/aromatic N) is 3. The van der Waals surface area contributed by atoms with Crippen LogP contribution in [0, 0.1) is 6.92 Å². The maximum absolute atomic E-state index is 12.3. The van der Waals surface area contributed by atoms with Crippen LogP contribution in [0.25, 0.3) is 12.2 Å². The van der Waals surface area contributed by atoms with Crippen LogP contribution in [0.3, 0.4) is 0 Å². The van der Waals surface area contributed by atoms with E-state index in [-0.39, 0.29) is 10.8 Å². The van der Waals surface area contributed by atoms with Crippen LogP contribution in [0.2, 0.25) is 0 Å². The molecule has 0 saturated carbocycles. The number of hydrogen-bond donors (Lipinski definition) is 1. The molecule has 1 aromatic carbocycles. The first kappa shape index (κ1) is 16.0. The summed E-state index contributed by atoms with van der Waals surface area (Å²) in [5.74, 6) is 0.0219. The van der Waals surface area contributed by atoms with Crippen molar-refractivity contribution in [2.75, 3.05) is 0 Å². The number of thiazole rings is 2. The zero-order chi connectivity index (χ0) is 17.4. The van der Waals surface area contributed by atoms with Crippen molar-refractivity contribution in [3.8, 4) is 5.88 Å². The van der Waals surface area contributed by atoms with Crippen LogP contribution in [0.1, 0.15) is 15.4 Å². The molecule has 7 heteroatoms. The second kappa shape index (κ2) is 6.42. The third kappa shape index (κ3) is 2.96. The van der Waals surface area contributed by atoms with E-state index in [1.54, 1.807) is 23.1 Å². The minimum absolute atomic E-state index is 0.0219. The zero-order valence-electron chi connectivity index (χ0n) is 13.5. The van der Waals surface area contributed by atoms with Gasteiger partial charge in [-0.3, -0.25) is 14.4 Å². The van der Waals surface area contributed by atoms with Crippen molar-refractivity contribution in [2.45, 2.75) is 19.9 Å². The highest BCUT2D eigenvalue weighted by molar-refractivity contribution is 7.10. The minimum Gasteiger partial charge on any atom is -0.493 e. The number of rotatable bonds is 4. The molecule has 0 atom stereocenters. The summed E-state index contributed by atoms with van der Waals surface area (Å²) in [6.07, 6.45) is 6.22. The van der Waals surface area contributed by atoms with Gasteiger partial charge in [-0.15, -0.1) is 11.3 Å². The average Bonchev–Trinajstić information content (AvgIpc) is 3.28. The Morgan fingerprint density at radius 1 is 1.36 bits per heavy atom. The molecule has 3 aromatic rings. The lowest BCUT2D eigenvalue weighted by Gasteiger charge is -2.03. The van der Waals surface area contributed by atoms with Crippen molar-refractivity contribution >= 4 is 46.7 Å². The number of aryl methyl sites for hydroxylation is 2. The summed E-state index contributed by atoms with van der Waals surface area (Å²) in [5, 5.41) is 12.5. The monoisotopic (exact) mass is 369 g/mol. The van der Waals surface area contributed by atoms with Crippen molar-refractivity contribution in [3.05, 3.63) is 59.3 Å². The van der Waals surface area contributed by atoms with Crippen LogP contribution in [-0.4, -0.2) is 20.9 Å². The molecule has 2 aromatic heterocycles. The fourth-order valence-electron chi connectivity index (χ4n) is 2.81. The van der Waals surface area contributed by atoms with Gasteiger partial charge in [-0.2, -0.15) is 0 Å². The van der Waals surface area contributed by atoms with Crippen molar-refractivity contribution in [1.29, 1.82) is 0 Å². The van der Waals surface area contributed by atoms with Gasteiger partial charge in [-0.05, 0) is 30.4 Å². The molecule has 0 fully saturated rings. The fraction of sp³-hybridized carbons (Fsp3) is 0.167. The van der Waals surface area contributed by atoms with E-state index in [1.807, 2.05) is 37.3 Å². The molecule has 1 aliphatic rings. The zero-order valence-corrected chi connectivity index (χ0v) is 15.1. The average molecular weight is 369 g/mol. The van der Waals surface area contributed by atoms with Crippen molar-refractivity contribution in [1.82, 2.24) is 9.55 Å². The standard InChI is InChI=1S/C18H15N3O2S2/c1-11-15(24-10-20-11)6-8-21-17(22)16(25-18(21)23)9-12-3-2-4-14-13(12)5-7-19-14/h2-5,7,9-10,22H,6,8H2,1H3. The Hall–Kier alpha value is -2.51. The Bertz CT molecular complexity index is 1150. The van der Waals surface area contributed by atoms with E-state index in [2.05, 4.69) is 9.98 Å². The van der Waals surface area contributed by atoms with Crippen molar-refractivity contribution in [3.63, 3.8) is 0 Å². The van der Waals surface area contributed by atoms with Gasteiger partial charge in [0.15, 0.2) is 0 Å². The summed E-state index contributed by atoms with van der Waals surface area (Å²) in [6.45, 7) is 2.40. The predicted octanol–water partition coefficient (Wildman–Crippen LogP) is 1.95. The maximum Gasteiger partial charge on any atom is 0.310 e.